The second kappa shape index (κ2) is 7.23. The fourth-order valence-electron chi connectivity index (χ4n) is 3.09. The predicted molar refractivity (Wildman–Crippen MR) is 94.3 cm³/mol. The molecular formula is C16H32N4S. The van der Waals surface area contributed by atoms with E-state index >= 15 is 0 Å². The summed E-state index contributed by atoms with van der Waals surface area (Å²) in [4.78, 5) is 9.51. The van der Waals surface area contributed by atoms with Crippen molar-refractivity contribution in [2.45, 2.75) is 57.4 Å². The molecule has 2 aliphatic rings. The van der Waals surface area contributed by atoms with Gasteiger partial charge in [0.05, 0.1) is 0 Å². The first-order chi connectivity index (χ1) is 9.93. The van der Waals surface area contributed by atoms with Gasteiger partial charge in [0.25, 0.3) is 0 Å². The summed E-state index contributed by atoms with van der Waals surface area (Å²) < 4.78 is 0.327. The van der Waals surface area contributed by atoms with E-state index < -0.39 is 0 Å². The van der Waals surface area contributed by atoms with Gasteiger partial charge in [0.15, 0.2) is 5.96 Å². The van der Waals surface area contributed by atoms with Crippen LogP contribution in [0.3, 0.4) is 0 Å². The van der Waals surface area contributed by atoms with E-state index in [4.69, 9.17) is 0 Å². The van der Waals surface area contributed by atoms with Crippen LogP contribution in [0.1, 0.15) is 40.5 Å². The maximum Gasteiger partial charge on any atom is 0.193 e. The van der Waals surface area contributed by atoms with E-state index in [2.05, 4.69) is 59.6 Å². The van der Waals surface area contributed by atoms with Crippen molar-refractivity contribution in [1.82, 2.24) is 15.1 Å². The van der Waals surface area contributed by atoms with Crippen LogP contribution in [0.5, 0.6) is 0 Å². The summed E-state index contributed by atoms with van der Waals surface area (Å²) in [7, 11) is 1.90. The fraction of sp³-hybridized carbons (Fsp3) is 0.938. The Morgan fingerprint density at radius 2 is 2.14 bits per heavy atom. The molecule has 21 heavy (non-hydrogen) atoms. The zero-order valence-electron chi connectivity index (χ0n) is 14.4. The van der Waals surface area contributed by atoms with E-state index in [1.54, 1.807) is 0 Å². The molecule has 0 spiro atoms. The van der Waals surface area contributed by atoms with Gasteiger partial charge in [-0.25, -0.2) is 0 Å². The minimum Gasteiger partial charge on any atom is -0.355 e. The van der Waals surface area contributed by atoms with Crippen molar-refractivity contribution in [1.29, 1.82) is 0 Å². The molecule has 1 aliphatic heterocycles. The van der Waals surface area contributed by atoms with E-state index in [0.29, 0.717) is 10.8 Å². The van der Waals surface area contributed by atoms with Crippen LogP contribution in [0.25, 0.3) is 0 Å². The Bertz CT molecular complexity index is 361. The molecule has 0 bridgehead atoms. The zero-order chi connectivity index (χ0) is 15.5. The molecule has 5 heteroatoms. The van der Waals surface area contributed by atoms with Crippen LogP contribution in [0.4, 0.5) is 0 Å². The summed E-state index contributed by atoms with van der Waals surface area (Å²) >= 11 is 2.06. The molecule has 0 amide bonds. The van der Waals surface area contributed by atoms with Gasteiger partial charge in [0, 0.05) is 55.8 Å². The van der Waals surface area contributed by atoms with Crippen molar-refractivity contribution in [3.05, 3.63) is 0 Å². The quantitative estimate of drug-likeness (QED) is 0.623. The lowest BCUT2D eigenvalue weighted by atomic mass is 10.2. The summed E-state index contributed by atoms with van der Waals surface area (Å²) in [5.41, 5.74) is 0. The predicted octanol–water partition coefficient (Wildman–Crippen LogP) is 2.26. The van der Waals surface area contributed by atoms with Crippen LogP contribution < -0.4 is 5.32 Å². The van der Waals surface area contributed by atoms with Crippen LogP contribution in [0, 0.1) is 0 Å². The summed E-state index contributed by atoms with van der Waals surface area (Å²) in [5, 5.41) is 3.57. The minimum atomic E-state index is 0.327. The highest BCUT2D eigenvalue weighted by atomic mass is 32.2. The van der Waals surface area contributed by atoms with Gasteiger partial charge in [-0.15, -0.1) is 0 Å². The summed E-state index contributed by atoms with van der Waals surface area (Å²) in [6, 6.07) is 1.48. The maximum atomic E-state index is 4.48. The van der Waals surface area contributed by atoms with Gasteiger partial charge >= 0.3 is 0 Å². The Labute approximate surface area is 134 Å². The van der Waals surface area contributed by atoms with Crippen molar-refractivity contribution in [3.8, 4) is 0 Å². The van der Waals surface area contributed by atoms with Gasteiger partial charge in [-0.2, -0.15) is 11.8 Å². The Morgan fingerprint density at radius 3 is 2.67 bits per heavy atom. The smallest absolute Gasteiger partial charge is 0.193 e. The Hall–Kier alpha value is -0.420. The Kier molecular flexibility index (Phi) is 5.83. The number of rotatable bonds is 5. The monoisotopic (exact) mass is 312 g/mol. The molecular weight excluding hydrogens is 280 g/mol. The highest BCUT2D eigenvalue weighted by molar-refractivity contribution is 8.00. The van der Waals surface area contributed by atoms with E-state index in [1.807, 2.05) is 7.05 Å². The average molecular weight is 313 g/mol. The number of hydrogen-bond donors (Lipinski definition) is 1. The van der Waals surface area contributed by atoms with Gasteiger partial charge in [-0.3, -0.25) is 9.89 Å². The fourth-order valence-corrected chi connectivity index (χ4v) is 4.21. The molecule has 1 saturated carbocycles. The first kappa shape index (κ1) is 16.9. The first-order valence-corrected chi connectivity index (χ1v) is 9.27. The summed E-state index contributed by atoms with van der Waals surface area (Å²) in [5.74, 6) is 2.26. The molecule has 0 atom stereocenters. The number of guanidine groups is 1. The van der Waals surface area contributed by atoms with Crippen molar-refractivity contribution in [2.24, 2.45) is 4.99 Å². The Morgan fingerprint density at radius 1 is 1.43 bits per heavy atom. The van der Waals surface area contributed by atoms with Crippen LogP contribution in [0.15, 0.2) is 4.99 Å². The first-order valence-electron chi connectivity index (χ1n) is 8.28. The van der Waals surface area contributed by atoms with E-state index in [-0.39, 0.29) is 0 Å². The SMILES string of the molecule is CN=C(NCCN(C(C)C)C1CC1)N1CCSC(C)(C)C1. The highest BCUT2D eigenvalue weighted by Crippen LogP contribution is 2.29. The molecule has 4 nitrogen and oxygen atoms in total. The molecule has 0 aromatic heterocycles. The van der Waals surface area contributed by atoms with Gasteiger partial charge in [-0.1, -0.05) is 0 Å². The number of aliphatic imine (C=N–C) groups is 1. The number of thioether (sulfide) groups is 1. The van der Waals surface area contributed by atoms with E-state index in [9.17, 15) is 0 Å². The van der Waals surface area contributed by atoms with E-state index in [1.165, 1.54) is 18.6 Å². The second-order valence-electron chi connectivity index (χ2n) is 7.07. The number of hydrogen-bond acceptors (Lipinski definition) is 3. The molecule has 1 saturated heterocycles. The third-order valence-corrected chi connectivity index (χ3v) is 5.57. The standard InChI is InChI=1S/C16H32N4S/c1-13(2)20(14-6-7-14)9-8-18-15(17-5)19-10-11-21-16(3,4)12-19/h13-14H,6-12H2,1-5H3,(H,17,18). The van der Waals surface area contributed by atoms with Crippen LogP contribution in [-0.2, 0) is 0 Å². The number of nitrogens with zero attached hydrogens (tertiary/aromatic N) is 3. The Balaban J connectivity index is 1.80. The third-order valence-electron chi connectivity index (χ3n) is 4.27. The van der Waals surface area contributed by atoms with Crippen LogP contribution in [0.2, 0.25) is 0 Å². The van der Waals surface area contributed by atoms with Gasteiger partial charge in [0.1, 0.15) is 0 Å². The van der Waals surface area contributed by atoms with Crippen molar-refractivity contribution in [2.75, 3.05) is 39.0 Å². The lowest BCUT2D eigenvalue weighted by Crippen LogP contribution is -2.52. The largest absolute Gasteiger partial charge is 0.355 e. The molecule has 0 aromatic carbocycles. The summed E-state index contributed by atoms with van der Waals surface area (Å²) in [6.45, 7) is 13.5. The zero-order valence-corrected chi connectivity index (χ0v) is 15.2. The summed E-state index contributed by atoms with van der Waals surface area (Å²) in [6.07, 6.45) is 2.76. The lowest BCUT2D eigenvalue weighted by Gasteiger charge is -2.39. The molecule has 1 heterocycles. The molecule has 0 aromatic rings. The van der Waals surface area contributed by atoms with Gasteiger partial charge < -0.3 is 10.2 Å². The third kappa shape index (κ3) is 5.06. The molecule has 0 radical (unpaired) electrons. The lowest BCUT2D eigenvalue weighted by molar-refractivity contribution is 0.214. The molecule has 122 valence electrons. The molecule has 2 rings (SSSR count). The van der Waals surface area contributed by atoms with Gasteiger partial charge in [0.2, 0.25) is 0 Å². The average Bonchev–Trinajstić information content (AvgIpc) is 3.21. The topological polar surface area (TPSA) is 30.9 Å². The minimum absolute atomic E-state index is 0.327. The van der Waals surface area contributed by atoms with Crippen molar-refractivity contribution < 1.29 is 0 Å². The molecule has 0 unspecified atom stereocenters. The maximum absolute atomic E-state index is 4.48. The molecule has 1 aliphatic carbocycles. The molecule has 1 N–H and O–H groups in total. The van der Waals surface area contributed by atoms with Crippen LogP contribution in [-0.4, -0.2) is 71.6 Å². The highest BCUT2D eigenvalue weighted by Gasteiger charge is 2.31. The van der Waals surface area contributed by atoms with Crippen molar-refractivity contribution in [3.63, 3.8) is 0 Å². The van der Waals surface area contributed by atoms with Crippen molar-refractivity contribution >= 4 is 17.7 Å². The second-order valence-corrected chi connectivity index (χ2v) is 8.87. The number of nitrogens with one attached hydrogen (secondary N) is 1. The normalized spacial score (nSPS) is 23.0. The van der Waals surface area contributed by atoms with E-state index in [0.717, 1.165) is 38.2 Å². The molecule has 2 fully saturated rings. The van der Waals surface area contributed by atoms with Crippen LogP contribution >= 0.6 is 11.8 Å². The van der Waals surface area contributed by atoms with Gasteiger partial charge in [-0.05, 0) is 40.5 Å².